The van der Waals surface area contributed by atoms with Gasteiger partial charge in [-0.15, -0.1) is 5.10 Å². The first-order valence-electron chi connectivity index (χ1n) is 7.83. The summed E-state index contributed by atoms with van der Waals surface area (Å²) >= 11 is 0. The quantitative estimate of drug-likeness (QED) is 0.426. The molecule has 6 nitrogen and oxygen atoms in total. The number of pyridine rings is 1. The average molecular weight is 333 g/mol. The molecular formula is C19H19N5O. The summed E-state index contributed by atoms with van der Waals surface area (Å²) in [6, 6.07) is 19.6. The van der Waals surface area contributed by atoms with Crippen LogP contribution in [0.2, 0.25) is 0 Å². The van der Waals surface area contributed by atoms with Crippen LogP contribution >= 0.6 is 0 Å². The van der Waals surface area contributed by atoms with E-state index in [9.17, 15) is 0 Å². The fourth-order valence-electron chi connectivity index (χ4n) is 2.35. The van der Waals surface area contributed by atoms with E-state index in [2.05, 4.69) is 15.2 Å². The molecule has 3 aromatic rings. The summed E-state index contributed by atoms with van der Waals surface area (Å²) in [5.41, 5.74) is 14.0. The molecule has 0 radical (unpaired) electrons. The van der Waals surface area contributed by atoms with Crippen LogP contribution in [0.5, 0.6) is 5.75 Å². The summed E-state index contributed by atoms with van der Waals surface area (Å²) in [4.78, 5) is 4.60. The second-order valence-corrected chi connectivity index (χ2v) is 5.52. The number of rotatable bonds is 5. The summed E-state index contributed by atoms with van der Waals surface area (Å²) in [6.45, 7) is 2.22. The molecule has 6 heteroatoms. The molecule has 0 spiro atoms. The van der Waals surface area contributed by atoms with E-state index < -0.39 is 0 Å². The van der Waals surface area contributed by atoms with Crippen molar-refractivity contribution < 1.29 is 4.74 Å². The van der Waals surface area contributed by atoms with E-state index in [0.717, 1.165) is 27.9 Å². The lowest BCUT2D eigenvalue weighted by Gasteiger charge is -2.08. The Morgan fingerprint density at radius 1 is 1.00 bits per heavy atom. The number of nitrogens with zero attached hydrogens (tertiary/aromatic N) is 3. The van der Waals surface area contributed by atoms with Gasteiger partial charge in [-0.05, 0) is 31.2 Å². The van der Waals surface area contributed by atoms with Crippen LogP contribution < -0.4 is 16.2 Å². The smallest absolute Gasteiger partial charge is 0.211 e. The molecule has 0 atom stereocenters. The van der Waals surface area contributed by atoms with Crippen molar-refractivity contribution in [3.05, 3.63) is 71.9 Å². The van der Waals surface area contributed by atoms with E-state index in [-0.39, 0.29) is 5.96 Å². The van der Waals surface area contributed by atoms with Gasteiger partial charge in [0.25, 0.3) is 0 Å². The van der Waals surface area contributed by atoms with Crippen molar-refractivity contribution in [3.63, 3.8) is 0 Å². The number of aromatic nitrogens is 1. The first-order valence-corrected chi connectivity index (χ1v) is 7.83. The SMILES string of the molecule is C/C(=N/N=C(N)N)c1cccc(OCc2ccc3ccccc3n2)c1. The second kappa shape index (κ2) is 7.44. The molecule has 0 unspecified atom stereocenters. The second-order valence-electron chi connectivity index (χ2n) is 5.52. The molecule has 3 rings (SSSR count). The summed E-state index contributed by atoms with van der Waals surface area (Å²) in [7, 11) is 0. The van der Waals surface area contributed by atoms with E-state index in [1.165, 1.54) is 0 Å². The lowest BCUT2D eigenvalue weighted by Crippen LogP contribution is -2.22. The zero-order chi connectivity index (χ0) is 17.6. The summed E-state index contributed by atoms with van der Waals surface area (Å²) in [6.07, 6.45) is 0. The molecule has 0 amide bonds. The number of fused-ring (bicyclic) bond motifs is 1. The maximum absolute atomic E-state index is 5.85. The van der Waals surface area contributed by atoms with E-state index in [1.54, 1.807) is 0 Å². The van der Waals surface area contributed by atoms with Gasteiger partial charge >= 0.3 is 0 Å². The molecule has 0 saturated carbocycles. The first kappa shape index (κ1) is 16.4. The van der Waals surface area contributed by atoms with Gasteiger partial charge in [0.1, 0.15) is 12.4 Å². The van der Waals surface area contributed by atoms with Gasteiger partial charge in [0, 0.05) is 10.9 Å². The first-order chi connectivity index (χ1) is 12.1. The fourth-order valence-corrected chi connectivity index (χ4v) is 2.35. The lowest BCUT2D eigenvalue weighted by atomic mass is 10.1. The number of hydrogen-bond acceptors (Lipinski definition) is 4. The fraction of sp³-hybridized carbons (Fsp3) is 0.105. The number of nitrogens with two attached hydrogens (primary N) is 2. The van der Waals surface area contributed by atoms with Gasteiger partial charge < -0.3 is 16.2 Å². The number of ether oxygens (including phenoxy) is 1. The molecule has 0 aliphatic carbocycles. The summed E-state index contributed by atoms with van der Waals surface area (Å²) in [5.74, 6) is 0.654. The standard InChI is InChI=1S/C19H19N5O/c1-13(23-24-19(20)21)15-6-4-7-17(11-15)25-12-16-10-9-14-5-2-3-8-18(14)22-16/h2-11H,12H2,1H3,(H4,20,21,24)/b23-13-. The molecule has 0 aliphatic heterocycles. The largest absolute Gasteiger partial charge is 0.487 e. The highest BCUT2D eigenvalue weighted by Crippen LogP contribution is 2.17. The number of para-hydroxylation sites is 1. The van der Waals surface area contributed by atoms with Crippen LogP contribution in [0, 0.1) is 0 Å². The Hall–Kier alpha value is -3.41. The monoisotopic (exact) mass is 333 g/mol. The summed E-state index contributed by atoms with van der Waals surface area (Å²) < 4.78 is 5.85. The Morgan fingerprint density at radius 3 is 2.68 bits per heavy atom. The minimum absolute atomic E-state index is 0.0749. The molecule has 0 aliphatic rings. The average Bonchev–Trinajstić information content (AvgIpc) is 2.64. The molecule has 2 aromatic carbocycles. The Balaban J connectivity index is 1.73. The van der Waals surface area contributed by atoms with E-state index in [1.807, 2.05) is 67.6 Å². The Labute approximate surface area is 145 Å². The predicted octanol–water partition coefficient (Wildman–Crippen LogP) is 2.81. The molecule has 4 N–H and O–H groups in total. The van der Waals surface area contributed by atoms with Crippen molar-refractivity contribution >= 4 is 22.6 Å². The minimum atomic E-state index is -0.0749. The van der Waals surface area contributed by atoms with Crippen LogP contribution in [0.4, 0.5) is 0 Å². The lowest BCUT2D eigenvalue weighted by molar-refractivity contribution is 0.302. The minimum Gasteiger partial charge on any atom is -0.487 e. The molecule has 0 fully saturated rings. The maximum atomic E-state index is 5.85. The van der Waals surface area contributed by atoms with E-state index in [4.69, 9.17) is 16.2 Å². The Morgan fingerprint density at radius 2 is 1.84 bits per heavy atom. The third-order valence-corrected chi connectivity index (χ3v) is 3.61. The third kappa shape index (κ3) is 4.32. The van der Waals surface area contributed by atoms with Crippen molar-refractivity contribution in [2.45, 2.75) is 13.5 Å². The van der Waals surface area contributed by atoms with Gasteiger partial charge in [-0.1, -0.05) is 36.4 Å². The van der Waals surface area contributed by atoms with Crippen LogP contribution in [-0.2, 0) is 6.61 Å². The molecule has 0 saturated heterocycles. The van der Waals surface area contributed by atoms with Crippen LogP contribution in [0.15, 0.2) is 70.9 Å². The molecule has 25 heavy (non-hydrogen) atoms. The van der Waals surface area contributed by atoms with Crippen molar-refractivity contribution in [1.29, 1.82) is 0 Å². The van der Waals surface area contributed by atoms with Gasteiger partial charge in [0.15, 0.2) is 0 Å². The zero-order valence-corrected chi connectivity index (χ0v) is 13.9. The molecule has 126 valence electrons. The van der Waals surface area contributed by atoms with Gasteiger partial charge in [0.05, 0.1) is 16.9 Å². The van der Waals surface area contributed by atoms with Crippen LogP contribution in [0.3, 0.4) is 0 Å². The van der Waals surface area contributed by atoms with Crippen LogP contribution in [-0.4, -0.2) is 16.7 Å². The van der Waals surface area contributed by atoms with E-state index >= 15 is 0 Å². The van der Waals surface area contributed by atoms with Gasteiger partial charge in [-0.25, -0.2) is 4.98 Å². The van der Waals surface area contributed by atoms with Crippen molar-refractivity contribution in [1.82, 2.24) is 4.98 Å². The molecule has 1 heterocycles. The van der Waals surface area contributed by atoms with Crippen molar-refractivity contribution in [2.75, 3.05) is 0 Å². The molecule has 0 bridgehead atoms. The Bertz CT molecular complexity index is 945. The highest BCUT2D eigenvalue weighted by molar-refractivity contribution is 5.99. The number of guanidine groups is 1. The number of hydrogen-bond donors (Lipinski definition) is 2. The van der Waals surface area contributed by atoms with Crippen LogP contribution in [0.25, 0.3) is 10.9 Å². The highest BCUT2D eigenvalue weighted by Gasteiger charge is 2.03. The highest BCUT2D eigenvalue weighted by atomic mass is 16.5. The third-order valence-electron chi connectivity index (χ3n) is 3.61. The van der Waals surface area contributed by atoms with Gasteiger partial charge in [-0.2, -0.15) is 5.10 Å². The normalized spacial score (nSPS) is 11.3. The van der Waals surface area contributed by atoms with Crippen molar-refractivity contribution in [2.24, 2.45) is 21.7 Å². The maximum Gasteiger partial charge on any atom is 0.211 e. The Kier molecular flexibility index (Phi) is 4.89. The number of benzene rings is 2. The van der Waals surface area contributed by atoms with E-state index in [0.29, 0.717) is 12.3 Å². The summed E-state index contributed by atoms with van der Waals surface area (Å²) in [5, 5.41) is 8.75. The predicted molar refractivity (Wildman–Crippen MR) is 101 cm³/mol. The van der Waals surface area contributed by atoms with Gasteiger partial charge in [-0.3, -0.25) is 0 Å². The van der Waals surface area contributed by atoms with Crippen LogP contribution in [0.1, 0.15) is 18.2 Å². The zero-order valence-electron chi connectivity index (χ0n) is 13.9. The van der Waals surface area contributed by atoms with Gasteiger partial charge in [0.2, 0.25) is 5.96 Å². The molecule has 1 aromatic heterocycles. The molecular weight excluding hydrogens is 314 g/mol. The van der Waals surface area contributed by atoms with Crippen molar-refractivity contribution in [3.8, 4) is 5.75 Å². The topological polar surface area (TPSA) is 98.9 Å².